The van der Waals surface area contributed by atoms with Crippen LogP contribution < -0.4 is 4.74 Å². The van der Waals surface area contributed by atoms with Gasteiger partial charge in [0.1, 0.15) is 5.75 Å². The number of benzene rings is 2. The van der Waals surface area contributed by atoms with Crippen molar-refractivity contribution < 1.29 is 28.6 Å². The van der Waals surface area contributed by atoms with Gasteiger partial charge in [0.2, 0.25) is 0 Å². The summed E-state index contributed by atoms with van der Waals surface area (Å²) in [5, 5.41) is 9.02. The zero-order valence-electron chi connectivity index (χ0n) is 18.5. The molecule has 2 aromatic rings. The van der Waals surface area contributed by atoms with Gasteiger partial charge in [0.15, 0.2) is 11.7 Å². The third kappa shape index (κ3) is 6.67. The lowest BCUT2D eigenvalue weighted by Crippen LogP contribution is -2.36. The van der Waals surface area contributed by atoms with Crippen molar-refractivity contribution in [3.8, 4) is 11.8 Å². The van der Waals surface area contributed by atoms with Crippen LogP contribution >= 0.6 is 0 Å². The topological polar surface area (TPSA) is 103 Å². The van der Waals surface area contributed by atoms with Gasteiger partial charge in [-0.2, -0.15) is 5.26 Å². The fraction of sp³-hybridized carbons (Fsp3) is 0.360. The van der Waals surface area contributed by atoms with E-state index in [-0.39, 0.29) is 31.8 Å². The maximum Gasteiger partial charge on any atom is 0.320 e. The summed E-state index contributed by atoms with van der Waals surface area (Å²) in [5.74, 6) is -2.96. The van der Waals surface area contributed by atoms with E-state index in [0.29, 0.717) is 16.9 Å². The third-order valence-electron chi connectivity index (χ3n) is 4.99. The monoisotopic (exact) mass is 437 g/mol. The molecule has 0 heterocycles. The Morgan fingerprint density at radius 1 is 0.906 bits per heavy atom. The molecule has 0 aromatic heterocycles. The third-order valence-corrected chi connectivity index (χ3v) is 4.99. The van der Waals surface area contributed by atoms with E-state index < -0.39 is 23.8 Å². The number of carbonyl (C=O) groups excluding carboxylic acids is 3. The van der Waals surface area contributed by atoms with Gasteiger partial charge in [0.05, 0.1) is 32.0 Å². The SMILES string of the molecule is CCOC(=O)C(C(=O)OCC)[C@H](CC(=O)c1ccc(OC)cc1)Cc1ccc(C#N)cc1. The minimum absolute atomic E-state index is 0.0609. The number of methoxy groups -OCH3 is 1. The van der Waals surface area contributed by atoms with Gasteiger partial charge in [0.25, 0.3) is 0 Å². The van der Waals surface area contributed by atoms with Crippen molar-refractivity contribution in [2.45, 2.75) is 26.7 Å². The van der Waals surface area contributed by atoms with E-state index in [2.05, 4.69) is 6.07 Å². The van der Waals surface area contributed by atoms with E-state index in [1.54, 1.807) is 62.4 Å². The Bertz CT molecular complexity index is 941. The van der Waals surface area contributed by atoms with Gasteiger partial charge in [-0.1, -0.05) is 12.1 Å². The summed E-state index contributed by atoms with van der Waals surface area (Å²) in [6, 6.07) is 15.5. The fourth-order valence-electron chi connectivity index (χ4n) is 3.40. The molecule has 0 radical (unpaired) electrons. The Balaban J connectivity index is 2.37. The number of nitrogens with zero attached hydrogens (tertiary/aromatic N) is 1. The summed E-state index contributed by atoms with van der Waals surface area (Å²) in [6.07, 6.45) is 0.199. The standard InChI is InChI=1S/C25H27NO6/c1-4-31-24(28)23(25(29)32-5-2)20(14-17-6-8-18(16-26)9-7-17)15-22(27)19-10-12-21(30-3)13-11-19/h6-13,20,23H,4-5,14-15H2,1-3H3/t20-/m0/s1. The number of Topliss-reactive ketones (excluding diaryl/α,β-unsaturated/α-hetero) is 1. The average Bonchev–Trinajstić information content (AvgIpc) is 2.80. The number of hydrogen-bond acceptors (Lipinski definition) is 7. The lowest BCUT2D eigenvalue weighted by molar-refractivity contribution is -0.164. The molecule has 1 atom stereocenters. The molecular formula is C25H27NO6. The molecule has 0 spiro atoms. The number of carbonyl (C=O) groups is 3. The zero-order valence-corrected chi connectivity index (χ0v) is 18.5. The first-order valence-electron chi connectivity index (χ1n) is 10.4. The van der Waals surface area contributed by atoms with Crippen LogP contribution in [0.1, 0.15) is 41.8 Å². The highest BCUT2D eigenvalue weighted by molar-refractivity contribution is 5.99. The van der Waals surface area contributed by atoms with Crippen LogP contribution in [0, 0.1) is 23.2 Å². The van der Waals surface area contributed by atoms with Crippen LogP contribution in [0.4, 0.5) is 0 Å². The molecule has 32 heavy (non-hydrogen) atoms. The summed E-state index contributed by atoms with van der Waals surface area (Å²) in [7, 11) is 1.54. The van der Waals surface area contributed by atoms with E-state index >= 15 is 0 Å². The van der Waals surface area contributed by atoms with Gasteiger partial charge in [-0.25, -0.2) is 0 Å². The van der Waals surface area contributed by atoms with Crippen molar-refractivity contribution >= 4 is 17.7 Å². The van der Waals surface area contributed by atoms with Crippen molar-refractivity contribution in [3.63, 3.8) is 0 Å². The molecule has 168 valence electrons. The highest BCUT2D eigenvalue weighted by Crippen LogP contribution is 2.27. The van der Waals surface area contributed by atoms with Crippen molar-refractivity contribution in [2.75, 3.05) is 20.3 Å². The predicted octanol–water partition coefficient (Wildman–Crippen LogP) is 3.74. The number of hydrogen-bond donors (Lipinski definition) is 0. The smallest absolute Gasteiger partial charge is 0.320 e. The van der Waals surface area contributed by atoms with Crippen LogP contribution in [0.15, 0.2) is 48.5 Å². The number of ether oxygens (including phenoxy) is 3. The quantitative estimate of drug-likeness (QED) is 0.300. The molecule has 0 fully saturated rings. The van der Waals surface area contributed by atoms with Gasteiger partial charge in [-0.3, -0.25) is 14.4 Å². The van der Waals surface area contributed by atoms with Gasteiger partial charge >= 0.3 is 11.9 Å². The summed E-state index contributed by atoms with van der Waals surface area (Å²) in [4.78, 5) is 38.4. The minimum atomic E-state index is -1.24. The lowest BCUT2D eigenvalue weighted by Gasteiger charge is -2.24. The van der Waals surface area contributed by atoms with Crippen molar-refractivity contribution in [1.82, 2.24) is 0 Å². The molecule has 0 unspecified atom stereocenters. The van der Waals surface area contributed by atoms with E-state index in [1.807, 2.05) is 0 Å². The number of nitriles is 1. The molecule has 0 bridgehead atoms. The molecule has 0 N–H and O–H groups in total. The molecule has 0 aliphatic heterocycles. The maximum absolute atomic E-state index is 13.0. The van der Waals surface area contributed by atoms with E-state index in [9.17, 15) is 14.4 Å². The second kappa shape index (κ2) is 12.3. The summed E-state index contributed by atoms with van der Waals surface area (Å²) in [5.41, 5.74) is 1.73. The second-order valence-corrected chi connectivity index (χ2v) is 7.11. The molecule has 0 saturated heterocycles. The molecule has 7 heteroatoms. The Hall–Kier alpha value is -3.66. The number of esters is 2. The van der Waals surface area contributed by atoms with Crippen molar-refractivity contribution in [3.05, 3.63) is 65.2 Å². The fourth-order valence-corrected chi connectivity index (χ4v) is 3.40. The summed E-state index contributed by atoms with van der Waals surface area (Å²) >= 11 is 0. The highest BCUT2D eigenvalue weighted by atomic mass is 16.6. The predicted molar refractivity (Wildman–Crippen MR) is 117 cm³/mol. The largest absolute Gasteiger partial charge is 0.497 e. The Morgan fingerprint density at radius 2 is 1.47 bits per heavy atom. The first-order valence-corrected chi connectivity index (χ1v) is 10.4. The highest BCUT2D eigenvalue weighted by Gasteiger charge is 2.38. The van der Waals surface area contributed by atoms with Gasteiger partial charge in [-0.15, -0.1) is 0 Å². The number of ketones is 1. The van der Waals surface area contributed by atoms with Crippen molar-refractivity contribution in [1.29, 1.82) is 5.26 Å². The van der Waals surface area contributed by atoms with E-state index in [1.165, 1.54) is 7.11 Å². The summed E-state index contributed by atoms with van der Waals surface area (Å²) in [6.45, 7) is 3.51. The van der Waals surface area contributed by atoms with E-state index in [0.717, 1.165) is 5.56 Å². The Labute approximate surface area is 187 Å². The normalized spacial score (nSPS) is 11.3. The van der Waals surface area contributed by atoms with Crippen molar-refractivity contribution in [2.24, 2.45) is 11.8 Å². The van der Waals surface area contributed by atoms with Crippen LogP contribution in [0.2, 0.25) is 0 Å². The first-order chi connectivity index (χ1) is 15.4. The molecule has 0 saturated carbocycles. The lowest BCUT2D eigenvalue weighted by atomic mass is 9.82. The van der Waals surface area contributed by atoms with Gasteiger partial charge in [-0.05, 0) is 68.1 Å². The number of rotatable bonds is 11. The zero-order chi connectivity index (χ0) is 23.5. The maximum atomic E-state index is 13.0. The van der Waals surface area contributed by atoms with Crippen LogP contribution in [0.3, 0.4) is 0 Å². The van der Waals surface area contributed by atoms with Crippen LogP contribution in [0.5, 0.6) is 5.75 Å². The van der Waals surface area contributed by atoms with Crippen LogP contribution in [-0.4, -0.2) is 38.0 Å². The van der Waals surface area contributed by atoms with Crippen LogP contribution in [0.25, 0.3) is 0 Å². The van der Waals surface area contributed by atoms with E-state index in [4.69, 9.17) is 19.5 Å². The Morgan fingerprint density at radius 3 is 1.94 bits per heavy atom. The molecular weight excluding hydrogens is 410 g/mol. The second-order valence-electron chi connectivity index (χ2n) is 7.11. The first kappa shape index (κ1) is 24.6. The van der Waals surface area contributed by atoms with Gasteiger partial charge in [0, 0.05) is 12.0 Å². The minimum Gasteiger partial charge on any atom is -0.497 e. The van der Waals surface area contributed by atoms with Gasteiger partial charge < -0.3 is 14.2 Å². The average molecular weight is 437 g/mol. The molecule has 2 aromatic carbocycles. The molecule has 0 amide bonds. The molecule has 2 rings (SSSR count). The Kier molecular flexibility index (Phi) is 9.43. The molecule has 0 aliphatic rings. The summed E-state index contributed by atoms with van der Waals surface area (Å²) < 4.78 is 15.4. The van der Waals surface area contributed by atoms with Crippen LogP contribution in [-0.2, 0) is 25.5 Å². The molecule has 0 aliphatic carbocycles. The molecule has 7 nitrogen and oxygen atoms in total.